The molecule has 166 valence electrons. The first kappa shape index (κ1) is 23.3. The Morgan fingerprint density at radius 2 is 1.47 bits per heavy atom. The number of carbonyl (C=O) groups is 1. The van der Waals surface area contributed by atoms with Crippen molar-refractivity contribution in [3.8, 4) is 11.5 Å². The molecule has 5 nitrogen and oxygen atoms in total. The van der Waals surface area contributed by atoms with Gasteiger partial charge in [0.1, 0.15) is 24.7 Å². The Balaban J connectivity index is 1.53. The van der Waals surface area contributed by atoms with Gasteiger partial charge in [0.05, 0.1) is 5.69 Å². The summed E-state index contributed by atoms with van der Waals surface area (Å²) < 4.78 is 11.5. The van der Waals surface area contributed by atoms with E-state index in [0.717, 1.165) is 11.3 Å². The highest BCUT2D eigenvalue weighted by molar-refractivity contribution is 7.80. The fourth-order valence-corrected chi connectivity index (χ4v) is 3.18. The predicted octanol–water partition coefficient (Wildman–Crippen LogP) is 5.57. The molecule has 0 aromatic heterocycles. The molecule has 0 bridgehead atoms. The van der Waals surface area contributed by atoms with Gasteiger partial charge in [-0.25, -0.2) is 0 Å². The lowest BCUT2D eigenvalue weighted by molar-refractivity contribution is 0.0977. The Bertz CT molecular complexity index is 1040. The number of para-hydroxylation sites is 3. The lowest BCUT2D eigenvalue weighted by Crippen LogP contribution is -2.34. The molecular formula is C26H28N2O3S. The number of hydrogen-bond donors (Lipinski definition) is 2. The number of ether oxygens (including phenoxy) is 2. The largest absolute Gasteiger partial charge is 0.490 e. The van der Waals surface area contributed by atoms with Gasteiger partial charge in [0, 0.05) is 5.56 Å². The molecule has 3 aromatic rings. The van der Waals surface area contributed by atoms with Gasteiger partial charge in [0.25, 0.3) is 5.91 Å². The van der Waals surface area contributed by atoms with Crippen molar-refractivity contribution < 1.29 is 14.3 Å². The van der Waals surface area contributed by atoms with Crippen LogP contribution in [-0.2, 0) is 5.41 Å². The Labute approximate surface area is 194 Å². The maximum absolute atomic E-state index is 12.6. The van der Waals surface area contributed by atoms with E-state index in [0.29, 0.717) is 30.2 Å². The summed E-state index contributed by atoms with van der Waals surface area (Å²) in [5, 5.41) is 5.96. The third kappa shape index (κ3) is 6.82. The topological polar surface area (TPSA) is 59.6 Å². The quantitative estimate of drug-likeness (QED) is 0.366. The molecule has 0 saturated carbocycles. The van der Waals surface area contributed by atoms with Crippen molar-refractivity contribution in [3.63, 3.8) is 0 Å². The van der Waals surface area contributed by atoms with E-state index in [1.807, 2.05) is 78.9 Å². The van der Waals surface area contributed by atoms with Crippen LogP contribution < -0.4 is 20.1 Å². The van der Waals surface area contributed by atoms with E-state index in [9.17, 15) is 4.79 Å². The van der Waals surface area contributed by atoms with E-state index >= 15 is 0 Å². The van der Waals surface area contributed by atoms with Crippen molar-refractivity contribution in [2.24, 2.45) is 0 Å². The average molecular weight is 449 g/mol. The Kier molecular flexibility index (Phi) is 7.84. The van der Waals surface area contributed by atoms with Crippen LogP contribution in [0.1, 0.15) is 36.7 Å². The molecule has 3 rings (SSSR count). The zero-order valence-corrected chi connectivity index (χ0v) is 19.4. The van der Waals surface area contributed by atoms with Crippen molar-refractivity contribution in [1.29, 1.82) is 0 Å². The molecule has 0 fully saturated rings. The van der Waals surface area contributed by atoms with Crippen molar-refractivity contribution >= 4 is 28.9 Å². The smallest absolute Gasteiger partial charge is 0.257 e. The molecule has 3 aromatic carbocycles. The molecule has 6 heteroatoms. The second kappa shape index (κ2) is 10.8. The maximum Gasteiger partial charge on any atom is 0.257 e. The van der Waals surface area contributed by atoms with Crippen LogP contribution in [0.25, 0.3) is 0 Å². The van der Waals surface area contributed by atoms with E-state index in [4.69, 9.17) is 21.7 Å². The van der Waals surface area contributed by atoms with E-state index < -0.39 is 0 Å². The van der Waals surface area contributed by atoms with Gasteiger partial charge in [-0.05, 0) is 59.6 Å². The normalized spacial score (nSPS) is 10.8. The Morgan fingerprint density at radius 1 is 0.844 bits per heavy atom. The summed E-state index contributed by atoms with van der Waals surface area (Å²) in [4.78, 5) is 12.6. The summed E-state index contributed by atoms with van der Waals surface area (Å²) in [5.74, 6) is 1.15. The number of nitrogens with one attached hydrogen (secondary N) is 2. The third-order valence-corrected chi connectivity index (χ3v) is 4.93. The number of anilines is 1. The first-order valence-electron chi connectivity index (χ1n) is 10.5. The minimum atomic E-state index is -0.266. The number of thiocarbonyl (C=S) groups is 1. The average Bonchev–Trinajstić information content (AvgIpc) is 2.78. The predicted molar refractivity (Wildman–Crippen MR) is 133 cm³/mol. The second-order valence-corrected chi connectivity index (χ2v) is 8.65. The van der Waals surface area contributed by atoms with Gasteiger partial charge < -0.3 is 14.8 Å². The van der Waals surface area contributed by atoms with E-state index in [1.54, 1.807) is 0 Å². The fourth-order valence-electron chi connectivity index (χ4n) is 2.97. The molecule has 0 aliphatic heterocycles. The van der Waals surface area contributed by atoms with Gasteiger partial charge >= 0.3 is 0 Å². The summed E-state index contributed by atoms with van der Waals surface area (Å²) in [6.07, 6.45) is 0. The summed E-state index contributed by atoms with van der Waals surface area (Å²) >= 11 is 5.33. The molecule has 0 atom stereocenters. The minimum Gasteiger partial charge on any atom is -0.490 e. The highest BCUT2D eigenvalue weighted by Gasteiger charge is 2.15. The minimum absolute atomic E-state index is 0.0295. The second-order valence-electron chi connectivity index (χ2n) is 8.24. The standard InChI is InChI=1S/C26H28N2O3S/c1-26(2,3)20-15-13-19(14-16-20)24(29)28-25(32)27-22-11-7-8-12-23(22)31-18-17-30-21-9-5-4-6-10-21/h4-16H,17-18H2,1-3H3,(H2,27,28,29,32). The molecule has 0 unspecified atom stereocenters. The van der Waals surface area contributed by atoms with Crippen molar-refractivity contribution in [2.45, 2.75) is 26.2 Å². The molecule has 0 saturated heterocycles. The first-order chi connectivity index (χ1) is 15.3. The summed E-state index contributed by atoms with van der Waals surface area (Å²) in [6.45, 7) is 7.17. The molecule has 1 amide bonds. The van der Waals surface area contributed by atoms with Gasteiger partial charge in [-0.1, -0.05) is 63.2 Å². The molecular weight excluding hydrogens is 420 g/mol. The van der Waals surface area contributed by atoms with Crippen LogP contribution in [-0.4, -0.2) is 24.2 Å². The molecule has 0 spiro atoms. The lowest BCUT2D eigenvalue weighted by atomic mass is 9.87. The fraction of sp³-hybridized carbons (Fsp3) is 0.231. The highest BCUT2D eigenvalue weighted by atomic mass is 32.1. The number of benzene rings is 3. The van der Waals surface area contributed by atoms with Gasteiger partial charge in [-0.3, -0.25) is 10.1 Å². The first-order valence-corrected chi connectivity index (χ1v) is 10.9. The van der Waals surface area contributed by atoms with Crippen LogP contribution in [0.4, 0.5) is 5.69 Å². The third-order valence-electron chi connectivity index (χ3n) is 4.73. The Hall–Kier alpha value is -3.38. The maximum atomic E-state index is 12.6. The lowest BCUT2D eigenvalue weighted by Gasteiger charge is -2.19. The van der Waals surface area contributed by atoms with Crippen LogP contribution in [0.5, 0.6) is 11.5 Å². The van der Waals surface area contributed by atoms with Crippen LogP contribution in [0.15, 0.2) is 78.9 Å². The molecule has 0 radical (unpaired) electrons. The zero-order chi connectivity index (χ0) is 23.0. The van der Waals surface area contributed by atoms with E-state index in [1.165, 1.54) is 0 Å². The van der Waals surface area contributed by atoms with E-state index in [-0.39, 0.29) is 16.4 Å². The van der Waals surface area contributed by atoms with Crippen LogP contribution in [0.2, 0.25) is 0 Å². The van der Waals surface area contributed by atoms with Crippen LogP contribution >= 0.6 is 12.2 Å². The molecule has 32 heavy (non-hydrogen) atoms. The van der Waals surface area contributed by atoms with Crippen molar-refractivity contribution in [1.82, 2.24) is 5.32 Å². The summed E-state index contributed by atoms with van der Waals surface area (Å²) in [5.41, 5.74) is 2.41. The molecule has 0 heterocycles. The molecule has 0 aliphatic rings. The van der Waals surface area contributed by atoms with Crippen molar-refractivity contribution in [3.05, 3.63) is 90.0 Å². The van der Waals surface area contributed by atoms with Crippen LogP contribution in [0, 0.1) is 0 Å². The van der Waals surface area contributed by atoms with Gasteiger partial charge in [-0.15, -0.1) is 0 Å². The van der Waals surface area contributed by atoms with Crippen molar-refractivity contribution in [2.75, 3.05) is 18.5 Å². The monoisotopic (exact) mass is 448 g/mol. The summed E-state index contributed by atoms with van der Waals surface area (Å²) in [7, 11) is 0. The van der Waals surface area contributed by atoms with E-state index in [2.05, 4.69) is 31.4 Å². The number of hydrogen-bond acceptors (Lipinski definition) is 4. The summed E-state index contributed by atoms with van der Waals surface area (Å²) in [6, 6.07) is 24.5. The molecule has 2 N–H and O–H groups in total. The number of rotatable bonds is 7. The molecule has 0 aliphatic carbocycles. The van der Waals surface area contributed by atoms with Crippen LogP contribution in [0.3, 0.4) is 0 Å². The Morgan fingerprint density at radius 3 is 2.16 bits per heavy atom. The zero-order valence-electron chi connectivity index (χ0n) is 18.6. The highest BCUT2D eigenvalue weighted by Crippen LogP contribution is 2.24. The van der Waals surface area contributed by atoms with Gasteiger partial charge in [0.15, 0.2) is 5.11 Å². The van der Waals surface area contributed by atoms with Gasteiger partial charge in [0.2, 0.25) is 0 Å². The SMILES string of the molecule is CC(C)(C)c1ccc(C(=O)NC(=S)Nc2ccccc2OCCOc2ccccc2)cc1. The number of amides is 1. The van der Waals surface area contributed by atoms with Gasteiger partial charge in [-0.2, -0.15) is 0 Å². The number of carbonyl (C=O) groups excluding carboxylic acids is 1.